The maximum absolute atomic E-state index is 6.12. The zero-order chi connectivity index (χ0) is 19.4. The first-order valence-corrected chi connectivity index (χ1v) is 10.3. The second-order valence-electron chi connectivity index (χ2n) is 6.75. The summed E-state index contributed by atoms with van der Waals surface area (Å²) in [5, 5.41) is 2.47. The summed E-state index contributed by atoms with van der Waals surface area (Å²) in [7, 11) is 1.76. The minimum Gasteiger partial charge on any atom is -0.489 e. The topological polar surface area (TPSA) is 31.4 Å². The van der Waals surface area contributed by atoms with Gasteiger partial charge in [-0.05, 0) is 46.5 Å². The Balaban J connectivity index is 1.58. The molecular formula is C24H23NO2S. The predicted octanol–water partition coefficient (Wildman–Crippen LogP) is 6.18. The highest BCUT2D eigenvalue weighted by molar-refractivity contribution is 7.09. The number of ether oxygens (including phenoxy) is 2. The normalized spacial score (nSPS) is 13.4. The molecule has 0 aliphatic heterocycles. The van der Waals surface area contributed by atoms with Crippen molar-refractivity contribution in [1.29, 1.82) is 0 Å². The number of nitrogens with zero attached hydrogens (tertiary/aromatic N) is 1. The van der Waals surface area contributed by atoms with Gasteiger partial charge in [0, 0.05) is 13.3 Å². The Morgan fingerprint density at radius 2 is 1.82 bits per heavy atom. The molecule has 4 heteroatoms. The first-order chi connectivity index (χ1) is 13.7. The highest BCUT2D eigenvalue weighted by Gasteiger charge is 2.34. The molecule has 1 heterocycles. The molecule has 4 rings (SSSR count). The van der Waals surface area contributed by atoms with Gasteiger partial charge in [0.2, 0.25) is 0 Å². The number of thiazole rings is 1. The molecule has 0 aliphatic carbocycles. The Morgan fingerprint density at radius 1 is 0.964 bits per heavy atom. The maximum atomic E-state index is 6.12. The molecule has 1 aromatic heterocycles. The lowest BCUT2D eigenvalue weighted by Gasteiger charge is -2.31. The Morgan fingerprint density at radius 3 is 2.57 bits per heavy atom. The minimum absolute atomic E-state index is 0.497. The van der Waals surface area contributed by atoms with Crippen LogP contribution in [0.25, 0.3) is 10.8 Å². The van der Waals surface area contributed by atoms with Gasteiger partial charge in [-0.1, -0.05) is 55.5 Å². The summed E-state index contributed by atoms with van der Waals surface area (Å²) in [5.41, 5.74) is 3.58. The van der Waals surface area contributed by atoms with Crippen molar-refractivity contribution >= 4 is 22.1 Å². The number of rotatable bonds is 7. The number of hydrogen-bond acceptors (Lipinski definition) is 4. The van der Waals surface area contributed by atoms with Gasteiger partial charge in [0.1, 0.15) is 18.0 Å². The Hall–Kier alpha value is -2.69. The summed E-state index contributed by atoms with van der Waals surface area (Å²) in [6, 6.07) is 23.0. The van der Waals surface area contributed by atoms with Crippen molar-refractivity contribution in [3.05, 3.63) is 94.4 Å². The predicted molar refractivity (Wildman–Crippen MR) is 115 cm³/mol. The van der Waals surface area contributed by atoms with Crippen molar-refractivity contribution in [1.82, 2.24) is 4.98 Å². The summed E-state index contributed by atoms with van der Waals surface area (Å²) in [6.45, 7) is 2.66. The first-order valence-electron chi connectivity index (χ1n) is 9.40. The van der Waals surface area contributed by atoms with Crippen LogP contribution >= 0.6 is 11.3 Å². The Kier molecular flexibility index (Phi) is 5.42. The minimum atomic E-state index is -0.497. The monoisotopic (exact) mass is 389 g/mol. The lowest BCUT2D eigenvalue weighted by molar-refractivity contribution is 0.0213. The zero-order valence-corrected chi connectivity index (χ0v) is 16.9. The Labute approximate surface area is 169 Å². The van der Waals surface area contributed by atoms with Crippen LogP contribution in [-0.2, 0) is 16.9 Å². The van der Waals surface area contributed by atoms with Crippen LogP contribution in [0.1, 0.15) is 29.3 Å². The van der Waals surface area contributed by atoms with Gasteiger partial charge >= 0.3 is 0 Å². The second-order valence-corrected chi connectivity index (χ2v) is 7.63. The number of hydrogen-bond donors (Lipinski definition) is 0. The molecule has 1 atom stereocenters. The van der Waals surface area contributed by atoms with Crippen LogP contribution < -0.4 is 4.74 Å². The van der Waals surface area contributed by atoms with Crippen LogP contribution in [0.3, 0.4) is 0 Å². The van der Waals surface area contributed by atoms with E-state index < -0.39 is 5.60 Å². The highest BCUT2D eigenvalue weighted by atomic mass is 32.1. The third-order valence-electron chi connectivity index (χ3n) is 5.20. The van der Waals surface area contributed by atoms with Gasteiger partial charge in [0.15, 0.2) is 0 Å². The fraction of sp³-hybridized carbons (Fsp3) is 0.208. The van der Waals surface area contributed by atoms with Crippen LogP contribution in [0.15, 0.2) is 78.4 Å². The van der Waals surface area contributed by atoms with Crippen LogP contribution in [0, 0.1) is 0 Å². The van der Waals surface area contributed by atoms with E-state index in [1.165, 1.54) is 10.8 Å². The first kappa shape index (κ1) is 18.7. The summed E-state index contributed by atoms with van der Waals surface area (Å²) >= 11 is 1.61. The molecular weight excluding hydrogens is 366 g/mol. The number of benzene rings is 3. The second kappa shape index (κ2) is 8.13. The third-order valence-corrected chi connectivity index (χ3v) is 6.11. The largest absolute Gasteiger partial charge is 0.489 e. The van der Waals surface area contributed by atoms with E-state index in [0.29, 0.717) is 6.61 Å². The maximum Gasteiger partial charge on any atom is 0.128 e. The fourth-order valence-electron chi connectivity index (χ4n) is 3.63. The fourth-order valence-corrected chi connectivity index (χ4v) is 4.52. The molecule has 0 spiro atoms. The molecule has 0 radical (unpaired) electrons. The SMILES string of the molecule is CCC(OC)(c1cccc(OCc2ccc3ccccc3c2)c1)c1cncs1. The van der Waals surface area contributed by atoms with Gasteiger partial charge < -0.3 is 9.47 Å². The molecule has 142 valence electrons. The molecule has 0 saturated heterocycles. The van der Waals surface area contributed by atoms with E-state index in [2.05, 4.69) is 66.5 Å². The third kappa shape index (κ3) is 3.53. The molecule has 0 aliphatic rings. The van der Waals surface area contributed by atoms with Crippen molar-refractivity contribution in [2.75, 3.05) is 7.11 Å². The smallest absolute Gasteiger partial charge is 0.128 e. The van der Waals surface area contributed by atoms with Gasteiger partial charge in [0.05, 0.1) is 10.4 Å². The molecule has 0 fully saturated rings. The van der Waals surface area contributed by atoms with Crippen LogP contribution in [0.5, 0.6) is 5.75 Å². The average molecular weight is 390 g/mol. The van der Waals surface area contributed by atoms with Crippen LogP contribution in [0.4, 0.5) is 0 Å². The van der Waals surface area contributed by atoms with Crippen molar-refractivity contribution in [3.8, 4) is 5.75 Å². The number of methoxy groups -OCH3 is 1. The zero-order valence-electron chi connectivity index (χ0n) is 16.1. The van der Waals surface area contributed by atoms with E-state index in [9.17, 15) is 0 Å². The van der Waals surface area contributed by atoms with Crippen molar-refractivity contribution in [2.45, 2.75) is 25.6 Å². The summed E-state index contributed by atoms with van der Waals surface area (Å²) in [5.74, 6) is 0.838. The van der Waals surface area contributed by atoms with Gasteiger partial charge in [-0.25, -0.2) is 0 Å². The summed E-state index contributed by atoms with van der Waals surface area (Å²) in [6.07, 6.45) is 2.71. The lowest BCUT2D eigenvalue weighted by Crippen LogP contribution is -2.28. The number of fused-ring (bicyclic) bond motifs is 1. The van der Waals surface area contributed by atoms with E-state index in [-0.39, 0.29) is 0 Å². The van der Waals surface area contributed by atoms with Crippen molar-refractivity contribution < 1.29 is 9.47 Å². The van der Waals surface area contributed by atoms with Crippen molar-refractivity contribution in [2.24, 2.45) is 0 Å². The highest BCUT2D eigenvalue weighted by Crippen LogP contribution is 2.39. The van der Waals surface area contributed by atoms with E-state index in [1.54, 1.807) is 18.4 Å². The van der Waals surface area contributed by atoms with Crippen molar-refractivity contribution in [3.63, 3.8) is 0 Å². The molecule has 0 N–H and O–H groups in total. The van der Waals surface area contributed by atoms with Gasteiger partial charge in [-0.3, -0.25) is 4.98 Å². The molecule has 0 saturated carbocycles. The molecule has 3 nitrogen and oxygen atoms in total. The van der Waals surface area contributed by atoms with E-state index >= 15 is 0 Å². The molecule has 4 aromatic rings. The average Bonchev–Trinajstić information content (AvgIpc) is 3.29. The molecule has 1 unspecified atom stereocenters. The quantitative estimate of drug-likeness (QED) is 0.378. The van der Waals surface area contributed by atoms with Gasteiger partial charge in [0.25, 0.3) is 0 Å². The molecule has 3 aromatic carbocycles. The van der Waals surface area contributed by atoms with Crippen LogP contribution in [-0.4, -0.2) is 12.1 Å². The van der Waals surface area contributed by atoms with E-state index in [0.717, 1.165) is 28.2 Å². The number of aromatic nitrogens is 1. The molecule has 0 amide bonds. The Bertz CT molecular complexity index is 1060. The molecule has 28 heavy (non-hydrogen) atoms. The van der Waals surface area contributed by atoms with E-state index in [4.69, 9.17) is 9.47 Å². The summed E-state index contributed by atoms with van der Waals surface area (Å²) < 4.78 is 12.1. The lowest BCUT2D eigenvalue weighted by atomic mass is 9.89. The van der Waals surface area contributed by atoms with Gasteiger partial charge in [-0.15, -0.1) is 11.3 Å². The van der Waals surface area contributed by atoms with Crippen LogP contribution in [0.2, 0.25) is 0 Å². The standard InChI is InChI=1S/C24H23NO2S/c1-3-24(26-2,23-15-25-17-28-23)21-9-6-10-22(14-21)27-16-18-11-12-19-7-4-5-8-20(19)13-18/h4-15,17H,3,16H2,1-2H3. The summed E-state index contributed by atoms with van der Waals surface area (Å²) in [4.78, 5) is 5.34. The molecule has 0 bridgehead atoms. The van der Waals surface area contributed by atoms with Gasteiger partial charge in [-0.2, -0.15) is 0 Å². The van der Waals surface area contributed by atoms with E-state index in [1.807, 2.05) is 23.8 Å².